The Kier molecular flexibility index (Phi) is 3.75. The number of nitrogens with one attached hydrogen (secondary N) is 1. The lowest BCUT2D eigenvalue weighted by molar-refractivity contribution is 0.0949. The molecule has 6 heteroatoms. The molecule has 2 aromatic heterocycles. The van der Waals surface area contributed by atoms with E-state index in [0.717, 1.165) is 15.6 Å². The van der Waals surface area contributed by atoms with E-state index in [-0.39, 0.29) is 5.91 Å². The van der Waals surface area contributed by atoms with Gasteiger partial charge in [-0.15, -0.1) is 11.3 Å². The van der Waals surface area contributed by atoms with Crippen LogP contribution < -0.4 is 10.9 Å². The van der Waals surface area contributed by atoms with E-state index in [9.17, 15) is 9.59 Å². The van der Waals surface area contributed by atoms with Gasteiger partial charge in [0.25, 0.3) is 5.91 Å². The summed E-state index contributed by atoms with van der Waals surface area (Å²) in [6, 6.07) is 4.58. The highest BCUT2D eigenvalue weighted by Gasteiger charge is 2.07. The molecule has 0 radical (unpaired) electrons. The second-order valence-corrected chi connectivity index (χ2v) is 5.07. The fourth-order valence-electron chi connectivity index (χ4n) is 1.20. The maximum atomic E-state index is 11.7. The Balaban J connectivity index is 2.00. The molecule has 0 spiro atoms. The highest BCUT2D eigenvalue weighted by molar-refractivity contribution is 9.10. The molecule has 2 heterocycles. The number of amides is 1. The van der Waals surface area contributed by atoms with E-state index in [1.165, 1.54) is 12.1 Å². The van der Waals surface area contributed by atoms with Gasteiger partial charge in [-0.2, -0.15) is 0 Å². The van der Waals surface area contributed by atoms with E-state index >= 15 is 0 Å². The van der Waals surface area contributed by atoms with Crippen LogP contribution in [0.1, 0.15) is 15.2 Å². The van der Waals surface area contributed by atoms with Crippen LogP contribution in [0.2, 0.25) is 0 Å². The third-order valence-corrected chi connectivity index (χ3v) is 3.99. The van der Waals surface area contributed by atoms with Crippen LogP contribution in [-0.2, 0) is 6.54 Å². The smallest absolute Gasteiger partial charge is 0.335 e. The van der Waals surface area contributed by atoms with E-state index in [0.29, 0.717) is 12.1 Å². The largest absolute Gasteiger partial charge is 0.430 e. The summed E-state index contributed by atoms with van der Waals surface area (Å²) in [6.07, 6.45) is 1.15. The number of hydrogen-bond donors (Lipinski definition) is 1. The molecule has 0 aliphatic rings. The zero-order chi connectivity index (χ0) is 12.3. The molecule has 0 aliphatic heterocycles. The van der Waals surface area contributed by atoms with Gasteiger partial charge in [-0.05, 0) is 33.4 Å². The number of halogens is 1. The van der Waals surface area contributed by atoms with Crippen molar-refractivity contribution in [1.82, 2.24) is 5.32 Å². The summed E-state index contributed by atoms with van der Waals surface area (Å²) in [5, 5.41) is 4.68. The van der Waals surface area contributed by atoms with Gasteiger partial charge in [0, 0.05) is 15.4 Å². The van der Waals surface area contributed by atoms with Crippen LogP contribution in [0, 0.1) is 0 Å². The molecule has 0 saturated heterocycles. The lowest BCUT2D eigenvalue weighted by Crippen LogP contribution is -2.22. The Hall–Kier alpha value is -1.40. The maximum absolute atomic E-state index is 11.7. The molecule has 1 amide bonds. The summed E-state index contributed by atoms with van der Waals surface area (Å²) in [4.78, 5) is 23.4. The van der Waals surface area contributed by atoms with Crippen LogP contribution >= 0.6 is 27.3 Å². The average molecular weight is 314 g/mol. The van der Waals surface area contributed by atoms with Gasteiger partial charge in [0.15, 0.2) is 0 Å². The molecule has 0 unspecified atom stereocenters. The van der Waals surface area contributed by atoms with E-state index in [1.807, 2.05) is 11.4 Å². The van der Waals surface area contributed by atoms with Crippen molar-refractivity contribution in [3.05, 3.63) is 55.2 Å². The van der Waals surface area contributed by atoms with Crippen LogP contribution in [0.25, 0.3) is 0 Å². The molecular weight excluding hydrogens is 306 g/mol. The Morgan fingerprint density at radius 3 is 2.82 bits per heavy atom. The van der Waals surface area contributed by atoms with Crippen molar-refractivity contribution < 1.29 is 9.21 Å². The van der Waals surface area contributed by atoms with Gasteiger partial charge in [-0.1, -0.05) is 0 Å². The highest BCUT2D eigenvalue weighted by Crippen LogP contribution is 2.22. The molecule has 17 heavy (non-hydrogen) atoms. The molecule has 0 bridgehead atoms. The SMILES string of the molecule is O=C(NCc1sccc1Br)c1ccc(=O)oc1. The minimum absolute atomic E-state index is 0.269. The third kappa shape index (κ3) is 3.04. The first-order valence-electron chi connectivity index (χ1n) is 4.76. The fraction of sp³-hybridized carbons (Fsp3) is 0.0909. The first-order chi connectivity index (χ1) is 8.16. The van der Waals surface area contributed by atoms with Crippen molar-refractivity contribution in [3.8, 4) is 0 Å². The van der Waals surface area contributed by atoms with Crippen LogP contribution in [0.15, 0.2) is 43.5 Å². The summed E-state index contributed by atoms with van der Waals surface area (Å²) in [6.45, 7) is 0.441. The number of rotatable bonds is 3. The molecule has 0 fully saturated rings. The molecule has 4 nitrogen and oxygen atoms in total. The zero-order valence-electron chi connectivity index (χ0n) is 8.60. The number of carbonyl (C=O) groups is 1. The third-order valence-electron chi connectivity index (χ3n) is 2.06. The molecule has 2 aromatic rings. The molecule has 0 aliphatic carbocycles. The second kappa shape index (κ2) is 5.29. The van der Waals surface area contributed by atoms with Crippen LogP contribution in [0.5, 0.6) is 0 Å². The van der Waals surface area contributed by atoms with E-state index < -0.39 is 5.63 Å². The molecular formula is C11H8BrNO3S. The number of hydrogen-bond acceptors (Lipinski definition) is 4. The van der Waals surface area contributed by atoms with Crippen LogP contribution in [-0.4, -0.2) is 5.91 Å². The first-order valence-corrected chi connectivity index (χ1v) is 6.43. The van der Waals surface area contributed by atoms with Crippen LogP contribution in [0.3, 0.4) is 0 Å². The van der Waals surface area contributed by atoms with Gasteiger partial charge >= 0.3 is 5.63 Å². The van der Waals surface area contributed by atoms with Gasteiger partial charge < -0.3 is 9.73 Å². The van der Waals surface area contributed by atoms with Crippen LogP contribution in [0.4, 0.5) is 0 Å². The van der Waals surface area contributed by atoms with Gasteiger partial charge in [-0.3, -0.25) is 4.79 Å². The maximum Gasteiger partial charge on any atom is 0.335 e. The molecule has 1 N–H and O–H groups in total. The summed E-state index contributed by atoms with van der Waals surface area (Å²) >= 11 is 4.94. The van der Waals surface area contributed by atoms with Gasteiger partial charge in [0.1, 0.15) is 6.26 Å². The Morgan fingerprint density at radius 2 is 2.24 bits per heavy atom. The first kappa shape index (κ1) is 12.1. The second-order valence-electron chi connectivity index (χ2n) is 3.22. The van der Waals surface area contributed by atoms with Crippen molar-refractivity contribution in [1.29, 1.82) is 0 Å². The number of thiophene rings is 1. The van der Waals surface area contributed by atoms with Gasteiger partial charge in [-0.25, -0.2) is 4.79 Å². The van der Waals surface area contributed by atoms with Crippen molar-refractivity contribution in [2.45, 2.75) is 6.54 Å². The zero-order valence-corrected chi connectivity index (χ0v) is 11.0. The van der Waals surface area contributed by atoms with Crippen molar-refractivity contribution in [2.75, 3.05) is 0 Å². The summed E-state index contributed by atoms with van der Waals surface area (Å²) in [7, 11) is 0. The standard InChI is InChI=1S/C11H8BrNO3S/c12-8-3-4-17-9(8)5-13-11(15)7-1-2-10(14)16-6-7/h1-4,6H,5H2,(H,13,15). The highest BCUT2D eigenvalue weighted by atomic mass is 79.9. The molecule has 0 aromatic carbocycles. The Morgan fingerprint density at radius 1 is 1.41 bits per heavy atom. The van der Waals surface area contributed by atoms with E-state index in [1.54, 1.807) is 11.3 Å². The Bertz CT molecular complexity index is 570. The fourth-order valence-corrected chi connectivity index (χ4v) is 2.63. The van der Waals surface area contributed by atoms with Crippen molar-refractivity contribution in [2.24, 2.45) is 0 Å². The lowest BCUT2D eigenvalue weighted by atomic mass is 10.3. The normalized spacial score (nSPS) is 10.2. The quantitative estimate of drug-likeness (QED) is 0.946. The van der Waals surface area contributed by atoms with Gasteiger partial charge in [0.05, 0.1) is 12.1 Å². The van der Waals surface area contributed by atoms with Crippen molar-refractivity contribution in [3.63, 3.8) is 0 Å². The Labute approximate surface area is 109 Å². The summed E-state index contributed by atoms with van der Waals surface area (Å²) in [5.74, 6) is -0.269. The predicted octanol–water partition coefficient (Wildman–Crippen LogP) is 2.39. The molecule has 2 rings (SSSR count). The topological polar surface area (TPSA) is 59.3 Å². The molecule has 0 atom stereocenters. The molecule has 0 saturated carbocycles. The summed E-state index contributed by atoms with van der Waals surface area (Å²) < 4.78 is 5.59. The minimum Gasteiger partial charge on any atom is -0.430 e. The van der Waals surface area contributed by atoms with E-state index in [2.05, 4.69) is 25.7 Å². The predicted molar refractivity (Wildman–Crippen MR) is 68.2 cm³/mol. The average Bonchev–Trinajstić information content (AvgIpc) is 2.73. The van der Waals surface area contributed by atoms with Crippen molar-refractivity contribution >= 4 is 33.2 Å². The van der Waals surface area contributed by atoms with E-state index in [4.69, 9.17) is 0 Å². The minimum atomic E-state index is -0.470. The lowest BCUT2D eigenvalue weighted by Gasteiger charge is -2.03. The number of carbonyl (C=O) groups excluding carboxylic acids is 1. The summed E-state index contributed by atoms with van der Waals surface area (Å²) in [5.41, 5.74) is -0.139. The monoisotopic (exact) mass is 313 g/mol. The van der Waals surface area contributed by atoms with Gasteiger partial charge in [0.2, 0.25) is 0 Å². The molecule has 88 valence electrons.